The van der Waals surface area contributed by atoms with Gasteiger partial charge in [-0.3, -0.25) is 4.90 Å². The number of nitrogens with zero attached hydrogens (tertiary/aromatic N) is 5. The number of pyridine rings is 1. The van der Waals surface area contributed by atoms with Crippen molar-refractivity contribution in [3.05, 3.63) is 41.7 Å². The molecular weight excluding hydrogens is 710 g/mol. The number of hydrogen-bond donors (Lipinski definition) is 1. The molecule has 3 aliphatic heterocycles. The summed E-state index contributed by atoms with van der Waals surface area (Å²) in [6.45, 7) is 16.0. The third kappa shape index (κ3) is 6.16. The molecule has 13 heteroatoms. The number of thioether (sulfide) groups is 1. The van der Waals surface area contributed by atoms with Gasteiger partial charge in [0.15, 0.2) is 11.9 Å². The highest BCUT2D eigenvalue weighted by Crippen LogP contribution is 2.47. The van der Waals surface area contributed by atoms with Crippen molar-refractivity contribution in [3.63, 3.8) is 0 Å². The van der Waals surface area contributed by atoms with E-state index in [9.17, 15) is 9.90 Å². The minimum atomic E-state index is -2.22. The summed E-state index contributed by atoms with van der Waals surface area (Å²) in [5.74, 6) is 4.61. The van der Waals surface area contributed by atoms with Gasteiger partial charge >= 0.3 is 6.09 Å². The fourth-order valence-corrected chi connectivity index (χ4v) is 15.1. The van der Waals surface area contributed by atoms with Crippen molar-refractivity contribution < 1.29 is 28.5 Å². The van der Waals surface area contributed by atoms with Gasteiger partial charge in [0.25, 0.3) is 0 Å². The van der Waals surface area contributed by atoms with Crippen LogP contribution in [0.3, 0.4) is 0 Å². The van der Waals surface area contributed by atoms with Crippen LogP contribution in [0, 0.1) is 17.3 Å². The number of carboxylic acid groups (broad SMARTS) is 1. The predicted molar refractivity (Wildman–Crippen MR) is 210 cm³/mol. The molecule has 53 heavy (non-hydrogen) atoms. The molecule has 4 atom stereocenters. The molecule has 7 rings (SSSR count). The summed E-state index contributed by atoms with van der Waals surface area (Å²) in [7, 11) is -0.660. The molecule has 2 bridgehead atoms. The third-order valence-corrected chi connectivity index (χ3v) is 18.5. The maximum Gasteiger partial charge on any atom is 0.407 e. The molecule has 4 aromatic rings. The summed E-state index contributed by atoms with van der Waals surface area (Å²) in [5, 5.41) is 12.8. The largest absolute Gasteiger partial charge is 0.472 e. The van der Waals surface area contributed by atoms with Crippen LogP contribution >= 0.6 is 11.8 Å². The minimum absolute atomic E-state index is 0.0293. The lowest BCUT2D eigenvalue weighted by molar-refractivity contribution is 0.0512. The first-order valence-corrected chi connectivity index (χ1v) is 21.9. The molecule has 2 aromatic carbocycles. The number of methoxy groups -OCH3 is 1. The van der Waals surface area contributed by atoms with Crippen LogP contribution in [0.25, 0.3) is 32.9 Å². The maximum atomic E-state index is 16.2. The molecule has 0 radical (unpaired) electrons. The van der Waals surface area contributed by atoms with Crippen molar-refractivity contribution in [1.29, 1.82) is 0 Å². The Labute approximate surface area is 315 Å². The average Bonchev–Trinajstić information content (AvgIpc) is 3.37. The number of aromatic nitrogens is 3. The number of benzene rings is 2. The van der Waals surface area contributed by atoms with Crippen molar-refractivity contribution in [1.82, 2.24) is 19.9 Å². The van der Waals surface area contributed by atoms with Crippen molar-refractivity contribution in [2.75, 3.05) is 31.6 Å². The van der Waals surface area contributed by atoms with Gasteiger partial charge < -0.3 is 24.2 Å². The van der Waals surface area contributed by atoms with Gasteiger partial charge in [-0.05, 0) is 72.3 Å². The summed E-state index contributed by atoms with van der Waals surface area (Å²) < 4.78 is 34.2. The number of hydrogen-bond acceptors (Lipinski definition) is 9. The fourth-order valence-electron chi connectivity index (χ4n) is 9.48. The summed E-state index contributed by atoms with van der Waals surface area (Å²) in [4.78, 5) is 31.4. The van der Waals surface area contributed by atoms with Gasteiger partial charge in [0, 0.05) is 24.6 Å². The van der Waals surface area contributed by atoms with E-state index in [0.29, 0.717) is 78.9 Å². The molecule has 280 valence electrons. The third-order valence-electron chi connectivity index (χ3n) is 11.7. The summed E-state index contributed by atoms with van der Waals surface area (Å²) in [6, 6.07) is 8.20. The Balaban J connectivity index is 1.48. The SMILES string of the molecule is COCOc1cc(-c2cc3nc(SC)nc4c3c(n2)OC(C)C2C3CCC(CN42)N3C(=O)O)c2c(C#C[Si](C(C)C)(C(C)C)C(C)C)c(F)ccc2c1. The minimum Gasteiger partial charge on any atom is -0.472 e. The number of piperazine rings is 1. The Morgan fingerprint density at radius 1 is 1.08 bits per heavy atom. The second-order valence-corrected chi connectivity index (χ2v) is 21.7. The molecule has 2 saturated heterocycles. The summed E-state index contributed by atoms with van der Waals surface area (Å²) in [5.41, 5.74) is 6.96. The van der Waals surface area contributed by atoms with Crippen LogP contribution in [0.2, 0.25) is 16.6 Å². The van der Waals surface area contributed by atoms with Crippen LogP contribution in [-0.2, 0) is 4.74 Å². The lowest BCUT2D eigenvalue weighted by atomic mass is 9.96. The van der Waals surface area contributed by atoms with Crippen molar-refractivity contribution in [2.45, 2.75) is 107 Å². The zero-order chi connectivity index (χ0) is 37.9. The average molecular weight is 758 g/mol. The number of amides is 1. The molecule has 3 aliphatic rings. The fraction of sp³-hybridized carbons (Fsp3) is 0.500. The lowest BCUT2D eigenvalue weighted by Crippen LogP contribution is -2.64. The zero-order valence-electron chi connectivity index (χ0n) is 31.9. The van der Waals surface area contributed by atoms with Gasteiger partial charge in [0.2, 0.25) is 5.88 Å². The van der Waals surface area contributed by atoms with Crippen molar-refractivity contribution >= 4 is 53.4 Å². The van der Waals surface area contributed by atoms with E-state index in [1.807, 2.05) is 31.4 Å². The smallest absolute Gasteiger partial charge is 0.407 e. The molecule has 0 saturated carbocycles. The van der Waals surface area contributed by atoms with Gasteiger partial charge in [-0.15, -0.1) is 5.54 Å². The first-order chi connectivity index (χ1) is 25.3. The molecule has 10 nitrogen and oxygen atoms in total. The Morgan fingerprint density at radius 2 is 1.81 bits per heavy atom. The van der Waals surface area contributed by atoms with Crippen molar-refractivity contribution in [2.24, 2.45) is 0 Å². The number of anilines is 1. The van der Waals surface area contributed by atoms with Gasteiger partial charge in [-0.2, -0.15) is 0 Å². The van der Waals surface area contributed by atoms with E-state index in [1.54, 1.807) is 18.1 Å². The predicted octanol–water partition coefficient (Wildman–Crippen LogP) is 8.74. The van der Waals surface area contributed by atoms with Crippen LogP contribution in [0.1, 0.15) is 66.9 Å². The van der Waals surface area contributed by atoms with Gasteiger partial charge in [-0.25, -0.2) is 24.1 Å². The second kappa shape index (κ2) is 14.3. The van der Waals surface area contributed by atoms with Crippen LogP contribution in [0.5, 0.6) is 11.6 Å². The number of carbonyl (C=O) groups is 1. The number of fused-ring (bicyclic) bond motifs is 6. The highest BCUT2D eigenvalue weighted by Gasteiger charge is 2.53. The molecule has 1 N–H and O–H groups in total. The van der Waals surface area contributed by atoms with E-state index in [2.05, 4.69) is 57.9 Å². The van der Waals surface area contributed by atoms with E-state index < -0.39 is 26.1 Å². The van der Waals surface area contributed by atoms with Crippen LogP contribution in [-0.4, -0.2) is 90.1 Å². The quantitative estimate of drug-likeness (QED) is 0.0616. The van der Waals surface area contributed by atoms with E-state index in [4.69, 9.17) is 29.2 Å². The van der Waals surface area contributed by atoms with E-state index in [0.717, 1.165) is 18.2 Å². The highest BCUT2D eigenvalue weighted by molar-refractivity contribution is 7.98. The molecule has 1 amide bonds. The van der Waals surface area contributed by atoms with Crippen molar-refractivity contribution in [3.8, 4) is 34.4 Å². The standard InChI is InChI=1S/C40H48FN5O5SSi/c1-21(2)53(22(3)4,23(5)6)15-14-28-30(41)12-10-25-16-27(50-20-49-8)17-29(34(25)28)31-18-32-35-37(44-39(43-32)52-9)45-19-26-11-13-33(46(26)40(47)48)36(45)24(7)51-38(35)42-31/h10,12,16-18,21-24,26,33,36H,11,13,19-20H2,1-9H3,(H,47,48). The van der Waals surface area contributed by atoms with Gasteiger partial charge in [0.05, 0.1) is 34.9 Å². The van der Waals surface area contributed by atoms with E-state index >= 15 is 4.39 Å². The number of rotatable bonds is 8. The van der Waals surface area contributed by atoms with Crippen LogP contribution in [0.15, 0.2) is 35.5 Å². The first-order valence-electron chi connectivity index (χ1n) is 18.4. The Kier molecular flexibility index (Phi) is 10.0. The summed E-state index contributed by atoms with van der Waals surface area (Å²) in [6.07, 6.45) is 2.13. The summed E-state index contributed by atoms with van der Waals surface area (Å²) >= 11 is 1.44. The molecular formula is C40H48FN5O5SSi. The zero-order valence-corrected chi connectivity index (χ0v) is 33.7. The molecule has 2 aromatic heterocycles. The maximum absolute atomic E-state index is 16.2. The molecule has 5 heterocycles. The second-order valence-electron chi connectivity index (χ2n) is 15.4. The number of ether oxygens (including phenoxy) is 3. The van der Waals surface area contributed by atoms with Crippen LogP contribution < -0.4 is 14.4 Å². The topological polar surface area (TPSA) is 110 Å². The molecule has 0 aliphatic carbocycles. The number of halogens is 1. The Bertz CT molecular complexity index is 2130. The first kappa shape index (κ1) is 37.2. The van der Waals surface area contributed by atoms with Crippen LogP contribution in [0.4, 0.5) is 15.0 Å². The van der Waals surface area contributed by atoms with E-state index in [1.165, 1.54) is 17.8 Å². The molecule has 4 unspecified atom stereocenters. The Hall–Kier alpha value is -4.12. The molecule has 0 spiro atoms. The monoisotopic (exact) mass is 757 g/mol. The van der Waals surface area contributed by atoms with E-state index in [-0.39, 0.29) is 24.9 Å². The Morgan fingerprint density at radius 3 is 2.47 bits per heavy atom. The molecule has 2 fully saturated rings. The lowest BCUT2D eigenvalue weighted by Gasteiger charge is -2.47. The normalized spacial score (nSPS) is 20.8. The van der Waals surface area contributed by atoms with Gasteiger partial charge in [-0.1, -0.05) is 65.3 Å². The van der Waals surface area contributed by atoms with Gasteiger partial charge in [0.1, 0.15) is 36.9 Å². The highest BCUT2D eigenvalue weighted by atomic mass is 32.2.